The molecule has 2 rings (SSSR count). The van der Waals surface area contributed by atoms with Gasteiger partial charge in [-0.2, -0.15) is 0 Å². The quantitative estimate of drug-likeness (QED) is 0.214. The smallest absolute Gasteiger partial charge is 0.293 e. The fourth-order valence-electron chi connectivity index (χ4n) is 3.26. The molecule has 0 amide bonds. The van der Waals surface area contributed by atoms with Gasteiger partial charge in [0.15, 0.2) is 6.29 Å². The highest BCUT2D eigenvalue weighted by Gasteiger charge is 2.32. The number of hydrogen-bond acceptors (Lipinski definition) is 4. The van der Waals surface area contributed by atoms with Gasteiger partial charge < -0.3 is 14.6 Å². The fourth-order valence-corrected chi connectivity index (χ4v) is 3.26. The zero-order valence-corrected chi connectivity index (χ0v) is 22.6. The topological polar surface area (TPSA) is 55.8 Å². The van der Waals surface area contributed by atoms with E-state index in [-0.39, 0.29) is 5.92 Å². The zero-order chi connectivity index (χ0) is 25.3. The first kappa shape index (κ1) is 32.8. The number of ether oxygens (including phenoxy) is 2. The van der Waals surface area contributed by atoms with Gasteiger partial charge in [0, 0.05) is 5.92 Å². The molecule has 0 bridgehead atoms. The van der Waals surface area contributed by atoms with Gasteiger partial charge in [0.25, 0.3) is 6.47 Å². The van der Waals surface area contributed by atoms with Crippen molar-refractivity contribution < 1.29 is 19.4 Å². The highest BCUT2D eigenvalue weighted by atomic mass is 16.6. The number of aliphatic hydroxyl groups excluding tert-OH is 1. The Labute approximate surface area is 199 Å². The van der Waals surface area contributed by atoms with Crippen LogP contribution in [0, 0.1) is 29.6 Å². The lowest BCUT2D eigenvalue weighted by molar-refractivity contribution is -0.133. The molecule has 4 heteroatoms. The Morgan fingerprint density at radius 3 is 2.12 bits per heavy atom. The molecule has 0 spiro atoms. The van der Waals surface area contributed by atoms with Gasteiger partial charge in [-0.05, 0) is 67.9 Å². The molecular weight excluding hydrogens is 400 g/mol. The van der Waals surface area contributed by atoms with Crippen LogP contribution in [0.5, 0.6) is 0 Å². The summed E-state index contributed by atoms with van der Waals surface area (Å²) in [5.74, 6) is 2.99. The van der Waals surface area contributed by atoms with Crippen molar-refractivity contribution in [1.82, 2.24) is 0 Å². The van der Waals surface area contributed by atoms with Crippen LogP contribution < -0.4 is 0 Å². The molecule has 0 aromatic carbocycles. The SMILES string of the molecule is C=C(C)C(O)OCC(COC=O)C1CC1.CC.CC.CC1=CC(C(C)C)=CC(C(C)C)C1. The molecule has 188 valence electrons. The van der Waals surface area contributed by atoms with Crippen LogP contribution in [0.3, 0.4) is 0 Å². The average molecular weight is 453 g/mol. The van der Waals surface area contributed by atoms with Crippen molar-refractivity contribution in [3.8, 4) is 0 Å². The Bertz CT molecular complexity index is 556. The normalized spacial score (nSPS) is 19.0. The second-order valence-electron chi connectivity index (χ2n) is 8.98. The second kappa shape index (κ2) is 19.1. The molecule has 0 heterocycles. The number of hydrogen-bond donors (Lipinski definition) is 1. The van der Waals surface area contributed by atoms with Crippen molar-refractivity contribution in [3.63, 3.8) is 0 Å². The molecule has 1 fully saturated rings. The summed E-state index contributed by atoms with van der Waals surface area (Å²) in [5, 5.41) is 9.37. The van der Waals surface area contributed by atoms with Crippen LogP contribution in [0.1, 0.15) is 88.5 Å². The van der Waals surface area contributed by atoms with E-state index in [0.717, 1.165) is 24.7 Å². The minimum atomic E-state index is -0.914. The lowest BCUT2D eigenvalue weighted by atomic mass is 9.81. The molecule has 3 atom stereocenters. The van der Waals surface area contributed by atoms with Gasteiger partial charge >= 0.3 is 0 Å². The monoisotopic (exact) mass is 452 g/mol. The van der Waals surface area contributed by atoms with Crippen LogP contribution in [0.25, 0.3) is 0 Å². The predicted molar refractivity (Wildman–Crippen MR) is 137 cm³/mol. The maximum absolute atomic E-state index is 10.1. The van der Waals surface area contributed by atoms with Gasteiger partial charge in [-0.25, -0.2) is 0 Å². The second-order valence-corrected chi connectivity index (χ2v) is 8.98. The van der Waals surface area contributed by atoms with E-state index in [1.807, 2.05) is 27.7 Å². The summed E-state index contributed by atoms with van der Waals surface area (Å²) in [6.45, 7) is 26.0. The molecule has 0 saturated heterocycles. The van der Waals surface area contributed by atoms with E-state index in [9.17, 15) is 9.90 Å². The molecule has 1 N–H and O–H groups in total. The first-order valence-corrected chi connectivity index (χ1v) is 12.5. The molecule has 0 aromatic heterocycles. The summed E-state index contributed by atoms with van der Waals surface area (Å²) < 4.78 is 9.95. The highest BCUT2D eigenvalue weighted by molar-refractivity contribution is 5.36. The summed E-state index contributed by atoms with van der Waals surface area (Å²) in [6, 6.07) is 0. The lowest BCUT2D eigenvalue weighted by Gasteiger charge is -2.24. The Balaban J connectivity index is 0. The van der Waals surface area contributed by atoms with Crippen LogP contribution >= 0.6 is 0 Å². The predicted octanol–water partition coefficient (Wildman–Crippen LogP) is 7.34. The average Bonchev–Trinajstić information content (AvgIpc) is 3.61. The Kier molecular flexibility index (Phi) is 19.6. The third kappa shape index (κ3) is 14.6. The van der Waals surface area contributed by atoms with E-state index in [2.05, 4.69) is 53.3 Å². The van der Waals surface area contributed by atoms with Crippen molar-refractivity contribution in [2.45, 2.75) is 94.8 Å². The minimum absolute atomic E-state index is 0.198. The van der Waals surface area contributed by atoms with Gasteiger partial charge in [0.1, 0.15) is 0 Å². The molecule has 1 saturated carbocycles. The molecule has 32 heavy (non-hydrogen) atoms. The van der Waals surface area contributed by atoms with Gasteiger partial charge in [-0.15, -0.1) is 0 Å². The molecule has 3 unspecified atom stereocenters. The first-order valence-electron chi connectivity index (χ1n) is 12.5. The molecule has 4 nitrogen and oxygen atoms in total. The summed E-state index contributed by atoms with van der Waals surface area (Å²) >= 11 is 0. The Morgan fingerprint density at radius 1 is 1.16 bits per heavy atom. The van der Waals surface area contributed by atoms with Crippen LogP contribution in [0.15, 0.2) is 35.5 Å². The summed E-state index contributed by atoms with van der Waals surface area (Å²) in [5.41, 5.74) is 3.66. The summed E-state index contributed by atoms with van der Waals surface area (Å²) in [4.78, 5) is 10.1. The highest BCUT2D eigenvalue weighted by Crippen LogP contribution is 2.37. The lowest BCUT2D eigenvalue weighted by Crippen LogP contribution is -2.23. The minimum Gasteiger partial charge on any atom is -0.468 e. The number of allylic oxidation sites excluding steroid dienone is 4. The summed E-state index contributed by atoms with van der Waals surface area (Å²) in [6.07, 6.45) is 7.49. The molecule has 2 aliphatic carbocycles. The Morgan fingerprint density at radius 2 is 1.72 bits per heavy atom. The van der Waals surface area contributed by atoms with Crippen molar-refractivity contribution in [3.05, 3.63) is 35.5 Å². The largest absolute Gasteiger partial charge is 0.468 e. The zero-order valence-electron chi connectivity index (χ0n) is 22.6. The van der Waals surface area contributed by atoms with Crippen LogP contribution in [-0.4, -0.2) is 31.1 Å². The van der Waals surface area contributed by atoms with Crippen molar-refractivity contribution >= 4 is 6.47 Å². The number of carbonyl (C=O) groups excluding carboxylic acids is 1. The number of rotatable bonds is 10. The van der Waals surface area contributed by atoms with Gasteiger partial charge in [0.2, 0.25) is 0 Å². The maximum atomic E-state index is 10.1. The standard InChI is InChI=1S/C13H22.C11H18O4.2C2H6/c1-9(2)12-6-11(5)7-13(8-12)10(3)4;1-8(2)11(13)15-6-10(5-14-7-12)9-3-4-9;2*1-2/h6,8-10,13H,7H2,1-5H3;7,9-11,13H,1,3-6H2,2H3;2*1-2H3. The van der Waals surface area contributed by atoms with E-state index < -0.39 is 6.29 Å². The van der Waals surface area contributed by atoms with Crippen LogP contribution in [-0.2, 0) is 14.3 Å². The van der Waals surface area contributed by atoms with Gasteiger partial charge in [0.05, 0.1) is 13.2 Å². The molecular formula is C28H52O4. The van der Waals surface area contributed by atoms with E-state index in [1.54, 1.807) is 12.5 Å². The number of aliphatic hydroxyl groups is 1. The van der Waals surface area contributed by atoms with E-state index in [0.29, 0.717) is 37.1 Å². The van der Waals surface area contributed by atoms with Crippen molar-refractivity contribution in [1.29, 1.82) is 0 Å². The maximum Gasteiger partial charge on any atom is 0.293 e. The van der Waals surface area contributed by atoms with Gasteiger partial charge in [-0.1, -0.05) is 79.7 Å². The molecule has 0 aliphatic heterocycles. The third-order valence-corrected chi connectivity index (χ3v) is 5.46. The van der Waals surface area contributed by atoms with E-state index >= 15 is 0 Å². The van der Waals surface area contributed by atoms with Crippen molar-refractivity contribution in [2.24, 2.45) is 29.6 Å². The van der Waals surface area contributed by atoms with Gasteiger partial charge in [-0.3, -0.25) is 4.79 Å². The first-order chi connectivity index (χ1) is 15.1. The van der Waals surface area contributed by atoms with E-state index in [4.69, 9.17) is 9.47 Å². The third-order valence-electron chi connectivity index (χ3n) is 5.46. The van der Waals surface area contributed by atoms with Crippen LogP contribution in [0.2, 0.25) is 0 Å². The molecule has 2 aliphatic rings. The fraction of sp³-hybridized carbons (Fsp3) is 0.750. The van der Waals surface area contributed by atoms with Crippen LogP contribution in [0.4, 0.5) is 0 Å². The molecule has 0 aromatic rings. The van der Waals surface area contributed by atoms with Crippen molar-refractivity contribution in [2.75, 3.05) is 13.2 Å². The Hall–Kier alpha value is -1.39. The molecule has 0 radical (unpaired) electrons. The summed E-state index contributed by atoms with van der Waals surface area (Å²) in [7, 11) is 0. The van der Waals surface area contributed by atoms with E-state index in [1.165, 1.54) is 12.0 Å². The number of carbonyl (C=O) groups is 1.